The Bertz CT molecular complexity index is 877. The molecule has 0 aliphatic carbocycles. The zero-order valence-electron chi connectivity index (χ0n) is 12.1. The Balaban J connectivity index is 2.16. The Kier molecular flexibility index (Phi) is 3.53. The third-order valence-electron chi connectivity index (χ3n) is 3.69. The minimum atomic E-state index is -0.917. The molecule has 5 heteroatoms. The third-order valence-corrected chi connectivity index (χ3v) is 3.69. The maximum Gasteiger partial charge on any atom is 0.137 e. The summed E-state index contributed by atoms with van der Waals surface area (Å²) in [6.07, 6.45) is 1.63. The van der Waals surface area contributed by atoms with Gasteiger partial charge in [-0.15, -0.1) is 0 Å². The number of benzene rings is 1. The van der Waals surface area contributed by atoms with Gasteiger partial charge >= 0.3 is 0 Å². The normalized spacial score (nSPS) is 12.2. The molecule has 1 unspecified atom stereocenters. The number of phenolic OH excluding ortho intramolecular Hbond substituents is 1. The Hall–Kier alpha value is -2.84. The number of rotatable bonds is 3. The zero-order chi connectivity index (χ0) is 15.7. The van der Waals surface area contributed by atoms with Crippen molar-refractivity contribution < 1.29 is 10.2 Å². The Morgan fingerprint density at radius 2 is 2.14 bits per heavy atom. The quantitative estimate of drug-likeness (QED) is 0.777. The highest BCUT2D eigenvalue weighted by molar-refractivity contribution is 5.49. The summed E-state index contributed by atoms with van der Waals surface area (Å²) in [7, 11) is 0. The van der Waals surface area contributed by atoms with Crippen molar-refractivity contribution in [3.8, 4) is 11.8 Å². The van der Waals surface area contributed by atoms with Gasteiger partial charge in [-0.3, -0.25) is 0 Å². The van der Waals surface area contributed by atoms with Gasteiger partial charge in [0.05, 0.1) is 17.0 Å². The molecular weight excluding hydrogens is 278 g/mol. The fraction of sp³-hybridized carbons (Fsp3) is 0.176. The van der Waals surface area contributed by atoms with E-state index in [4.69, 9.17) is 5.26 Å². The average Bonchev–Trinajstić information content (AvgIpc) is 2.93. The van der Waals surface area contributed by atoms with Crippen molar-refractivity contribution in [1.82, 2.24) is 9.38 Å². The first-order valence-electron chi connectivity index (χ1n) is 7.02. The van der Waals surface area contributed by atoms with E-state index in [1.807, 2.05) is 41.8 Å². The second-order valence-electron chi connectivity index (χ2n) is 5.02. The van der Waals surface area contributed by atoms with Gasteiger partial charge in [0.1, 0.15) is 23.6 Å². The number of hydrogen-bond acceptors (Lipinski definition) is 4. The van der Waals surface area contributed by atoms with Gasteiger partial charge < -0.3 is 14.6 Å². The molecule has 2 N–H and O–H groups in total. The molecule has 1 atom stereocenters. The predicted molar refractivity (Wildman–Crippen MR) is 81.5 cm³/mol. The van der Waals surface area contributed by atoms with Crippen LogP contribution in [0.1, 0.15) is 35.5 Å². The number of pyridine rings is 1. The molecule has 1 aromatic carbocycles. The van der Waals surface area contributed by atoms with Crippen LogP contribution in [0.5, 0.6) is 5.75 Å². The molecule has 0 radical (unpaired) electrons. The van der Waals surface area contributed by atoms with Crippen LogP contribution in [-0.2, 0) is 6.42 Å². The van der Waals surface area contributed by atoms with Gasteiger partial charge in [0, 0.05) is 6.20 Å². The third kappa shape index (κ3) is 2.20. The van der Waals surface area contributed by atoms with Crippen LogP contribution < -0.4 is 0 Å². The SMILES string of the molecule is CCc1nc2ccccn2c1C(O)c1ccc(O)c(C#N)c1. The number of aliphatic hydroxyl groups is 1. The maximum atomic E-state index is 10.7. The van der Waals surface area contributed by atoms with E-state index in [9.17, 15) is 10.2 Å². The molecule has 0 aliphatic heterocycles. The Morgan fingerprint density at radius 3 is 2.86 bits per heavy atom. The van der Waals surface area contributed by atoms with Gasteiger partial charge in [0.25, 0.3) is 0 Å². The monoisotopic (exact) mass is 293 g/mol. The van der Waals surface area contributed by atoms with E-state index in [0.717, 1.165) is 11.3 Å². The molecule has 22 heavy (non-hydrogen) atoms. The second-order valence-corrected chi connectivity index (χ2v) is 5.02. The van der Waals surface area contributed by atoms with Crippen molar-refractivity contribution in [3.05, 3.63) is 65.1 Å². The number of aliphatic hydroxyl groups excluding tert-OH is 1. The summed E-state index contributed by atoms with van der Waals surface area (Å²) in [4.78, 5) is 4.53. The number of nitriles is 1. The Morgan fingerprint density at radius 1 is 1.32 bits per heavy atom. The molecule has 0 saturated heterocycles. The smallest absolute Gasteiger partial charge is 0.137 e. The van der Waals surface area contributed by atoms with Crippen LogP contribution >= 0.6 is 0 Å². The first-order chi connectivity index (χ1) is 10.7. The van der Waals surface area contributed by atoms with Crippen LogP contribution in [0.4, 0.5) is 0 Å². The van der Waals surface area contributed by atoms with Crippen molar-refractivity contribution >= 4 is 5.65 Å². The molecule has 3 aromatic rings. The lowest BCUT2D eigenvalue weighted by Crippen LogP contribution is -2.06. The fourth-order valence-corrected chi connectivity index (χ4v) is 2.58. The molecule has 0 fully saturated rings. The number of fused-ring (bicyclic) bond motifs is 1. The molecule has 0 spiro atoms. The van der Waals surface area contributed by atoms with Crippen molar-refractivity contribution in [1.29, 1.82) is 5.26 Å². The lowest BCUT2D eigenvalue weighted by molar-refractivity contribution is 0.213. The number of aromatic hydroxyl groups is 1. The van der Waals surface area contributed by atoms with E-state index in [1.54, 1.807) is 6.07 Å². The number of hydrogen-bond donors (Lipinski definition) is 2. The first-order valence-corrected chi connectivity index (χ1v) is 7.02. The summed E-state index contributed by atoms with van der Waals surface area (Å²) in [6, 6.07) is 12.1. The predicted octanol–water partition coefficient (Wildman–Crippen LogP) is 2.56. The molecule has 0 amide bonds. The van der Waals surface area contributed by atoms with E-state index in [1.165, 1.54) is 12.1 Å². The lowest BCUT2D eigenvalue weighted by atomic mass is 10.0. The minimum absolute atomic E-state index is 0.0905. The van der Waals surface area contributed by atoms with Gasteiger partial charge in [-0.1, -0.05) is 19.1 Å². The summed E-state index contributed by atoms with van der Waals surface area (Å²) in [5.41, 5.74) is 2.96. The minimum Gasteiger partial charge on any atom is -0.507 e. The molecule has 3 rings (SSSR count). The van der Waals surface area contributed by atoms with Crippen molar-refractivity contribution in [3.63, 3.8) is 0 Å². The molecule has 5 nitrogen and oxygen atoms in total. The molecule has 2 aromatic heterocycles. The highest BCUT2D eigenvalue weighted by Crippen LogP contribution is 2.29. The number of aryl methyl sites for hydroxylation is 1. The van der Waals surface area contributed by atoms with Crippen LogP contribution in [0.15, 0.2) is 42.6 Å². The summed E-state index contributed by atoms with van der Waals surface area (Å²) in [5, 5.41) is 29.4. The van der Waals surface area contributed by atoms with E-state index in [-0.39, 0.29) is 11.3 Å². The molecule has 0 aliphatic rings. The molecule has 0 bridgehead atoms. The van der Waals surface area contributed by atoms with Crippen LogP contribution in [0.2, 0.25) is 0 Å². The van der Waals surface area contributed by atoms with Gasteiger partial charge in [0.2, 0.25) is 0 Å². The summed E-state index contributed by atoms with van der Waals surface area (Å²) < 4.78 is 1.85. The van der Waals surface area contributed by atoms with Gasteiger partial charge in [-0.2, -0.15) is 5.26 Å². The van der Waals surface area contributed by atoms with E-state index in [2.05, 4.69) is 4.98 Å². The molecule has 0 saturated carbocycles. The fourth-order valence-electron chi connectivity index (χ4n) is 2.58. The van der Waals surface area contributed by atoms with Crippen LogP contribution in [-0.4, -0.2) is 19.6 Å². The van der Waals surface area contributed by atoms with Crippen molar-refractivity contribution in [2.24, 2.45) is 0 Å². The van der Waals surface area contributed by atoms with Crippen molar-refractivity contribution in [2.75, 3.05) is 0 Å². The Labute approximate surface area is 127 Å². The average molecular weight is 293 g/mol. The van der Waals surface area contributed by atoms with Crippen LogP contribution in [0.25, 0.3) is 5.65 Å². The second kappa shape index (κ2) is 5.51. The van der Waals surface area contributed by atoms with E-state index < -0.39 is 6.10 Å². The van der Waals surface area contributed by atoms with Gasteiger partial charge in [-0.05, 0) is 36.2 Å². The standard InChI is InChI=1S/C17H15N3O2/c1-2-13-16(20-8-4-3-5-15(20)19-13)17(22)11-6-7-14(21)12(9-11)10-18/h3-9,17,21-22H,2H2,1H3. The van der Waals surface area contributed by atoms with Gasteiger partial charge in [0.15, 0.2) is 0 Å². The van der Waals surface area contributed by atoms with E-state index >= 15 is 0 Å². The van der Waals surface area contributed by atoms with Crippen LogP contribution in [0, 0.1) is 11.3 Å². The number of phenols is 1. The van der Waals surface area contributed by atoms with Crippen LogP contribution in [0.3, 0.4) is 0 Å². The molecule has 2 heterocycles. The topological polar surface area (TPSA) is 81.6 Å². The number of imidazole rings is 1. The highest BCUT2D eigenvalue weighted by Gasteiger charge is 2.21. The largest absolute Gasteiger partial charge is 0.507 e. The lowest BCUT2D eigenvalue weighted by Gasteiger charge is -2.13. The highest BCUT2D eigenvalue weighted by atomic mass is 16.3. The first kappa shape index (κ1) is 14.1. The van der Waals surface area contributed by atoms with E-state index in [0.29, 0.717) is 17.7 Å². The summed E-state index contributed by atoms with van der Waals surface area (Å²) in [6.45, 7) is 1.98. The van der Waals surface area contributed by atoms with Crippen molar-refractivity contribution in [2.45, 2.75) is 19.4 Å². The zero-order valence-corrected chi connectivity index (χ0v) is 12.1. The molecule has 110 valence electrons. The number of aromatic nitrogens is 2. The van der Waals surface area contributed by atoms with Gasteiger partial charge in [-0.25, -0.2) is 4.98 Å². The number of nitrogens with zero attached hydrogens (tertiary/aromatic N) is 3. The molecular formula is C17H15N3O2. The summed E-state index contributed by atoms with van der Waals surface area (Å²) >= 11 is 0. The summed E-state index contributed by atoms with van der Waals surface area (Å²) in [5.74, 6) is -0.0905. The maximum absolute atomic E-state index is 10.7.